The zero-order valence-corrected chi connectivity index (χ0v) is 13.0. The van der Waals surface area contributed by atoms with Crippen LogP contribution in [0, 0.1) is 6.92 Å². The first-order valence-electron chi connectivity index (χ1n) is 7.61. The summed E-state index contributed by atoms with van der Waals surface area (Å²) in [5.74, 6) is 0.401. The highest BCUT2D eigenvalue weighted by atomic mass is 16.5. The maximum Gasteiger partial charge on any atom is 0.342 e. The molecule has 2 aromatic rings. The first kappa shape index (κ1) is 14.8. The topological polar surface area (TPSA) is 51.7 Å². The molecule has 22 heavy (non-hydrogen) atoms. The first-order chi connectivity index (χ1) is 10.7. The van der Waals surface area contributed by atoms with Crippen molar-refractivity contribution in [1.82, 2.24) is 4.98 Å². The van der Waals surface area contributed by atoms with Gasteiger partial charge in [0, 0.05) is 18.5 Å². The third-order valence-corrected chi connectivity index (χ3v) is 3.92. The number of aryl methyl sites for hydroxylation is 1. The van der Waals surface area contributed by atoms with Crippen LogP contribution in [0.2, 0.25) is 0 Å². The molecule has 116 valence electrons. The normalized spacial score (nSPS) is 15.1. The van der Waals surface area contributed by atoms with Crippen molar-refractivity contribution in [2.45, 2.75) is 13.8 Å². The highest BCUT2D eigenvalue weighted by Gasteiger charge is 2.24. The van der Waals surface area contributed by atoms with Gasteiger partial charge in [0.05, 0.1) is 25.3 Å². The molecule has 5 nitrogen and oxygen atoms in total. The average molecular weight is 300 g/mol. The second-order valence-electron chi connectivity index (χ2n) is 5.27. The van der Waals surface area contributed by atoms with Gasteiger partial charge in [-0.1, -0.05) is 18.2 Å². The van der Waals surface area contributed by atoms with Crippen molar-refractivity contribution in [2.75, 3.05) is 37.8 Å². The number of ether oxygens (including phenoxy) is 2. The number of esters is 1. The Morgan fingerprint density at radius 1 is 1.32 bits per heavy atom. The van der Waals surface area contributed by atoms with Crippen LogP contribution in [0.25, 0.3) is 10.9 Å². The number of hydrogen-bond acceptors (Lipinski definition) is 5. The highest BCUT2D eigenvalue weighted by Crippen LogP contribution is 2.29. The lowest BCUT2D eigenvalue weighted by Crippen LogP contribution is -2.38. The summed E-state index contributed by atoms with van der Waals surface area (Å²) < 4.78 is 10.7. The number of morpholine rings is 1. The van der Waals surface area contributed by atoms with E-state index in [1.807, 2.05) is 38.1 Å². The third-order valence-electron chi connectivity index (χ3n) is 3.92. The van der Waals surface area contributed by atoms with Gasteiger partial charge in [0.15, 0.2) is 0 Å². The fraction of sp³-hybridized carbons (Fsp3) is 0.412. The molecule has 5 heteroatoms. The molecule has 0 aliphatic carbocycles. The van der Waals surface area contributed by atoms with Crippen molar-refractivity contribution >= 4 is 22.7 Å². The number of aromatic nitrogens is 1. The number of benzene rings is 1. The SMILES string of the molecule is CCOC(=O)c1c(N2CCOCC2)nc2ccccc2c1C. The number of nitrogens with zero attached hydrogens (tertiary/aromatic N) is 2. The van der Waals surface area contributed by atoms with Crippen LogP contribution in [0.5, 0.6) is 0 Å². The van der Waals surface area contributed by atoms with E-state index in [-0.39, 0.29) is 5.97 Å². The minimum Gasteiger partial charge on any atom is -0.462 e. The number of hydrogen-bond donors (Lipinski definition) is 0. The van der Waals surface area contributed by atoms with Gasteiger partial charge < -0.3 is 14.4 Å². The van der Waals surface area contributed by atoms with Gasteiger partial charge in [-0.15, -0.1) is 0 Å². The van der Waals surface area contributed by atoms with E-state index in [2.05, 4.69) is 4.90 Å². The molecular weight excluding hydrogens is 280 g/mol. The Kier molecular flexibility index (Phi) is 4.24. The summed E-state index contributed by atoms with van der Waals surface area (Å²) in [5.41, 5.74) is 2.39. The highest BCUT2D eigenvalue weighted by molar-refractivity contribution is 6.02. The molecular formula is C17H20N2O3. The van der Waals surface area contributed by atoms with E-state index in [1.165, 1.54) is 0 Å². The molecule has 0 amide bonds. The Hall–Kier alpha value is -2.14. The lowest BCUT2D eigenvalue weighted by Gasteiger charge is -2.30. The molecule has 0 saturated carbocycles. The molecule has 3 rings (SSSR count). The van der Waals surface area contributed by atoms with E-state index in [9.17, 15) is 4.79 Å². The van der Waals surface area contributed by atoms with Crippen LogP contribution in [0.1, 0.15) is 22.8 Å². The quantitative estimate of drug-likeness (QED) is 0.815. The van der Waals surface area contributed by atoms with Crippen molar-refractivity contribution in [3.63, 3.8) is 0 Å². The zero-order chi connectivity index (χ0) is 15.5. The molecule has 0 radical (unpaired) electrons. The lowest BCUT2D eigenvalue weighted by molar-refractivity contribution is 0.0525. The summed E-state index contributed by atoms with van der Waals surface area (Å²) in [7, 11) is 0. The van der Waals surface area contributed by atoms with Crippen LogP contribution >= 0.6 is 0 Å². The van der Waals surface area contributed by atoms with E-state index in [0.29, 0.717) is 31.2 Å². The molecule has 0 atom stereocenters. The van der Waals surface area contributed by atoms with Gasteiger partial charge in [-0.25, -0.2) is 9.78 Å². The number of carbonyl (C=O) groups excluding carboxylic acids is 1. The van der Waals surface area contributed by atoms with Gasteiger partial charge >= 0.3 is 5.97 Å². The molecule has 1 saturated heterocycles. The van der Waals surface area contributed by atoms with Crippen LogP contribution in [-0.4, -0.2) is 43.9 Å². The van der Waals surface area contributed by atoms with E-state index in [4.69, 9.17) is 14.5 Å². The van der Waals surface area contributed by atoms with Gasteiger partial charge in [-0.05, 0) is 25.5 Å². The predicted octanol–water partition coefficient (Wildman–Crippen LogP) is 2.56. The number of rotatable bonds is 3. The van der Waals surface area contributed by atoms with Crippen molar-refractivity contribution in [2.24, 2.45) is 0 Å². The van der Waals surface area contributed by atoms with Crippen molar-refractivity contribution in [3.8, 4) is 0 Å². The van der Waals surface area contributed by atoms with Crippen LogP contribution in [0.4, 0.5) is 5.82 Å². The Bertz CT molecular complexity index is 694. The van der Waals surface area contributed by atoms with Gasteiger partial charge in [-0.3, -0.25) is 0 Å². The summed E-state index contributed by atoms with van der Waals surface area (Å²) >= 11 is 0. The molecule has 0 unspecified atom stereocenters. The zero-order valence-electron chi connectivity index (χ0n) is 13.0. The average Bonchev–Trinajstić information content (AvgIpc) is 2.55. The van der Waals surface area contributed by atoms with Crippen molar-refractivity contribution in [1.29, 1.82) is 0 Å². The number of anilines is 1. The molecule has 0 bridgehead atoms. The number of fused-ring (bicyclic) bond motifs is 1. The fourth-order valence-electron chi connectivity index (χ4n) is 2.81. The van der Waals surface area contributed by atoms with Crippen LogP contribution in [0.3, 0.4) is 0 Å². The molecule has 1 aliphatic heterocycles. The largest absolute Gasteiger partial charge is 0.462 e. The maximum atomic E-state index is 12.5. The smallest absolute Gasteiger partial charge is 0.342 e. The standard InChI is InChI=1S/C17H20N2O3/c1-3-22-17(20)15-12(2)13-6-4-5-7-14(13)18-16(15)19-8-10-21-11-9-19/h4-7H,3,8-11H2,1-2H3. The van der Waals surface area contributed by atoms with Gasteiger partial charge in [0.25, 0.3) is 0 Å². The Balaban J connectivity index is 2.18. The summed E-state index contributed by atoms with van der Waals surface area (Å²) in [5, 5.41) is 0.988. The Morgan fingerprint density at radius 3 is 2.77 bits per heavy atom. The first-order valence-corrected chi connectivity index (χ1v) is 7.61. The minimum absolute atomic E-state index is 0.306. The summed E-state index contributed by atoms with van der Waals surface area (Å²) in [6.45, 7) is 6.89. The molecule has 1 fully saturated rings. The van der Waals surface area contributed by atoms with Crippen LogP contribution < -0.4 is 4.90 Å². The van der Waals surface area contributed by atoms with E-state index in [1.54, 1.807) is 0 Å². The van der Waals surface area contributed by atoms with E-state index >= 15 is 0 Å². The summed E-state index contributed by atoms with van der Waals surface area (Å²) in [6, 6.07) is 7.88. The van der Waals surface area contributed by atoms with Crippen molar-refractivity contribution in [3.05, 3.63) is 35.4 Å². The van der Waals surface area contributed by atoms with Crippen molar-refractivity contribution < 1.29 is 14.3 Å². The number of pyridine rings is 1. The monoisotopic (exact) mass is 300 g/mol. The fourth-order valence-corrected chi connectivity index (χ4v) is 2.81. The second kappa shape index (κ2) is 6.32. The van der Waals surface area contributed by atoms with Crippen LogP contribution in [0.15, 0.2) is 24.3 Å². The number of carbonyl (C=O) groups is 1. The Morgan fingerprint density at radius 2 is 2.05 bits per heavy atom. The Labute approximate surface area is 129 Å². The number of para-hydroxylation sites is 1. The molecule has 1 aliphatic rings. The molecule has 0 spiro atoms. The molecule has 1 aromatic carbocycles. The summed E-state index contributed by atoms with van der Waals surface area (Å²) in [6.07, 6.45) is 0. The summed E-state index contributed by atoms with van der Waals surface area (Å²) in [4.78, 5) is 19.3. The van der Waals surface area contributed by atoms with Gasteiger partial charge in [0.1, 0.15) is 11.4 Å². The molecule has 0 N–H and O–H groups in total. The van der Waals surface area contributed by atoms with Gasteiger partial charge in [0.2, 0.25) is 0 Å². The molecule has 1 aromatic heterocycles. The van der Waals surface area contributed by atoms with Crippen LogP contribution in [-0.2, 0) is 9.47 Å². The lowest BCUT2D eigenvalue weighted by atomic mass is 10.0. The minimum atomic E-state index is -0.306. The van der Waals surface area contributed by atoms with E-state index in [0.717, 1.165) is 29.6 Å². The second-order valence-corrected chi connectivity index (χ2v) is 5.27. The maximum absolute atomic E-state index is 12.5. The van der Waals surface area contributed by atoms with E-state index < -0.39 is 0 Å². The predicted molar refractivity (Wildman–Crippen MR) is 85.5 cm³/mol. The van der Waals surface area contributed by atoms with Gasteiger partial charge in [-0.2, -0.15) is 0 Å². The third kappa shape index (κ3) is 2.64. The molecule has 2 heterocycles.